The van der Waals surface area contributed by atoms with Crippen molar-refractivity contribution < 1.29 is 4.79 Å². The van der Waals surface area contributed by atoms with Crippen LogP contribution in [-0.4, -0.2) is 33.8 Å². The summed E-state index contributed by atoms with van der Waals surface area (Å²) >= 11 is 1.05. The fraction of sp³-hybridized carbons (Fsp3) is 0.625. The van der Waals surface area contributed by atoms with E-state index >= 15 is 0 Å². The van der Waals surface area contributed by atoms with Gasteiger partial charge in [-0.25, -0.2) is 0 Å². The van der Waals surface area contributed by atoms with E-state index in [2.05, 4.69) is 19.4 Å². The van der Waals surface area contributed by atoms with Crippen LogP contribution < -0.4 is 10.6 Å². The summed E-state index contributed by atoms with van der Waals surface area (Å²) in [6.07, 6.45) is 4.02. The fourth-order valence-electron chi connectivity index (χ4n) is 1.10. The highest BCUT2D eigenvalue weighted by molar-refractivity contribution is 6.99. The van der Waals surface area contributed by atoms with Gasteiger partial charge < -0.3 is 10.6 Å². The maximum atomic E-state index is 11.3. The van der Waals surface area contributed by atoms with E-state index in [9.17, 15) is 4.79 Å². The molecule has 5 nitrogen and oxygen atoms in total. The Kier molecular flexibility index (Phi) is 3.05. The van der Waals surface area contributed by atoms with Gasteiger partial charge in [0.1, 0.15) is 0 Å². The minimum absolute atomic E-state index is 0.142. The van der Waals surface area contributed by atoms with Crippen LogP contribution in [0.4, 0.5) is 0 Å². The van der Waals surface area contributed by atoms with Crippen LogP contribution in [0.1, 0.15) is 23.3 Å². The first-order valence-electron chi connectivity index (χ1n) is 4.65. The summed E-state index contributed by atoms with van der Waals surface area (Å²) in [4.78, 5) is 11.3. The Balaban J connectivity index is 1.62. The monoisotopic (exact) mass is 212 g/mol. The highest BCUT2D eigenvalue weighted by Gasteiger charge is 2.19. The predicted molar refractivity (Wildman–Crippen MR) is 53.3 cm³/mol. The minimum atomic E-state index is -0.142. The molecular formula is C8H12N4OS. The molecule has 1 amide bonds. The average Bonchev–Trinajstić information content (AvgIpc) is 2.84. The topological polar surface area (TPSA) is 66.9 Å². The van der Waals surface area contributed by atoms with Crippen LogP contribution in [0.5, 0.6) is 0 Å². The van der Waals surface area contributed by atoms with Crippen LogP contribution in [0.3, 0.4) is 0 Å². The lowest BCUT2D eigenvalue weighted by Gasteiger charge is -2.03. The van der Waals surface area contributed by atoms with E-state index in [0.29, 0.717) is 18.3 Å². The molecule has 1 fully saturated rings. The third kappa shape index (κ3) is 2.74. The normalized spacial score (nSPS) is 15.4. The van der Waals surface area contributed by atoms with Crippen molar-refractivity contribution in [3.05, 3.63) is 11.9 Å². The van der Waals surface area contributed by atoms with E-state index in [0.717, 1.165) is 18.3 Å². The van der Waals surface area contributed by atoms with Crippen molar-refractivity contribution in [2.24, 2.45) is 0 Å². The zero-order valence-corrected chi connectivity index (χ0v) is 8.51. The van der Waals surface area contributed by atoms with Gasteiger partial charge in [0.15, 0.2) is 5.69 Å². The zero-order valence-electron chi connectivity index (χ0n) is 7.69. The van der Waals surface area contributed by atoms with Gasteiger partial charge >= 0.3 is 0 Å². The second kappa shape index (κ2) is 4.47. The van der Waals surface area contributed by atoms with E-state index in [1.807, 2.05) is 0 Å². The lowest BCUT2D eigenvalue weighted by Crippen LogP contribution is -2.32. The molecule has 0 aliphatic heterocycles. The summed E-state index contributed by atoms with van der Waals surface area (Å²) in [6, 6.07) is 0.688. The largest absolute Gasteiger partial charge is 0.349 e. The molecule has 76 valence electrons. The molecule has 1 saturated carbocycles. The number of aromatic nitrogens is 2. The molecule has 0 saturated heterocycles. The standard InChI is InChI=1S/C8H12N4OS/c13-8(7-5-11-14-12-7)10-4-3-9-6-1-2-6/h5-6,9H,1-4H2,(H,10,13). The number of nitrogens with one attached hydrogen (secondary N) is 2. The molecule has 0 radical (unpaired) electrons. The maximum Gasteiger partial charge on any atom is 0.272 e. The van der Waals surface area contributed by atoms with E-state index in [1.54, 1.807) is 0 Å². The highest BCUT2D eigenvalue weighted by Crippen LogP contribution is 2.17. The molecule has 2 rings (SSSR count). The van der Waals surface area contributed by atoms with Crippen molar-refractivity contribution >= 4 is 17.6 Å². The smallest absolute Gasteiger partial charge is 0.272 e. The van der Waals surface area contributed by atoms with Crippen LogP contribution in [0, 0.1) is 0 Å². The van der Waals surface area contributed by atoms with Crippen molar-refractivity contribution in [3.8, 4) is 0 Å². The summed E-state index contributed by atoms with van der Waals surface area (Å²) in [6.45, 7) is 1.47. The molecule has 6 heteroatoms. The number of nitrogens with zero attached hydrogens (tertiary/aromatic N) is 2. The molecule has 0 aromatic carbocycles. The van der Waals surface area contributed by atoms with Gasteiger partial charge in [0.2, 0.25) is 0 Å². The Morgan fingerprint density at radius 1 is 1.57 bits per heavy atom. The summed E-state index contributed by atoms with van der Waals surface area (Å²) in [7, 11) is 0. The Bertz CT molecular complexity index is 296. The summed E-state index contributed by atoms with van der Waals surface area (Å²) in [5, 5.41) is 6.08. The van der Waals surface area contributed by atoms with Crippen molar-refractivity contribution in [1.29, 1.82) is 0 Å². The van der Waals surface area contributed by atoms with Crippen LogP contribution >= 0.6 is 11.7 Å². The van der Waals surface area contributed by atoms with Crippen LogP contribution in [0.2, 0.25) is 0 Å². The zero-order chi connectivity index (χ0) is 9.80. The molecule has 1 aromatic heterocycles. The summed E-state index contributed by atoms with van der Waals surface area (Å²) in [5.41, 5.74) is 0.404. The Labute approximate surface area is 86.2 Å². The van der Waals surface area contributed by atoms with Crippen molar-refractivity contribution in [1.82, 2.24) is 19.4 Å². The SMILES string of the molecule is O=C(NCCNC1CC1)c1cnsn1. The Morgan fingerprint density at radius 3 is 3.07 bits per heavy atom. The average molecular weight is 212 g/mol. The predicted octanol–water partition coefficient (Wildman–Crippen LogP) is 0.0199. The van der Waals surface area contributed by atoms with Gasteiger partial charge in [-0.15, -0.1) is 0 Å². The molecule has 14 heavy (non-hydrogen) atoms. The van der Waals surface area contributed by atoms with E-state index in [-0.39, 0.29) is 5.91 Å². The number of amides is 1. The summed E-state index contributed by atoms with van der Waals surface area (Å²) < 4.78 is 7.60. The van der Waals surface area contributed by atoms with Crippen molar-refractivity contribution in [2.45, 2.75) is 18.9 Å². The van der Waals surface area contributed by atoms with Gasteiger partial charge in [0.25, 0.3) is 5.91 Å². The molecule has 1 aliphatic rings. The van der Waals surface area contributed by atoms with Gasteiger partial charge in [-0.1, -0.05) is 0 Å². The molecule has 1 aromatic rings. The number of hydrogen-bond donors (Lipinski definition) is 2. The van der Waals surface area contributed by atoms with E-state index in [1.165, 1.54) is 19.0 Å². The van der Waals surface area contributed by atoms with Gasteiger partial charge in [0.05, 0.1) is 17.9 Å². The van der Waals surface area contributed by atoms with E-state index in [4.69, 9.17) is 0 Å². The lowest BCUT2D eigenvalue weighted by atomic mass is 10.4. The van der Waals surface area contributed by atoms with Crippen LogP contribution in [-0.2, 0) is 0 Å². The van der Waals surface area contributed by atoms with Gasteiger partial charge in [0, 0.05) is 19.1 Å². The number of rotatable bonds is 5. The molecule has 0 spiro atoms. The molecule has 0 unspecified atom stereocenters. The second-order valence-corrected chi connectivity index (χ2v) is 3.83. The minimum Gasteiger partial charge on any atom is -0.349 e. The molecule has 1 heterocycles. The number of hydrogen-bond acceptors (Lipinski definition) is 5. The third-order valence-corrected chi connectivity index (χ3v) is 2.49. The molecule has 0 atom stereocenters. The molecule has 2 N–H and O–H groups in total. The molecular weight excluding hydrogens is 200 g/mol. The molecule has 0 bridgehead atoms. The Hall–Kier alpha value is -1.01. The fourth-order valence-corrected chi connectivity index (χ4v) is 1.51. The quantitative estimate of drug-likeness (QED) is 0.675. The molecule has 1 aliphatic carbocycles. The van der Waals surface area contributed by atoms with Crippen LogP contribution in [0.25, 0.3) is 0 Å². The first-order valence-corrected chi connectivity index (χ1v) is 5.38. The van der Waals surface area contributed by atoms with Gasteiger partial charge in [-0.05, 0) is 12.8 Å². The Morgan fingerprint density at radius 2 is 2.43 bits per heavy atom. The van der Waals surface area contributed by atoms with Gasteiger partial charge in [-0.3, -0.25) is 4.79 Å². The van der Waals surface area contributed by atoms with Crippen molar-refractivity contribution in [2.75, 3.05) is 13.1 Å². The van der Waals surface area contributed by atoms with Crippen LogP contribution in [0.15, 0.2) is 6.20 Å². The van der Waals surface area contributed by atoms with Gasteiger partial charge in [-0.2, -0.15) is 8.75 Å². The lowest BCUT2D eigenvalue weighted by molar-refractivity contribution is 0.0950. The van der Waals surface area contributed by atoms with E-state index < -0.39 is 0 Å². The highest BCUT2D eigenvalue weighted by atomic mass is 32.1. The number of carbonyl (C=O) groups excluding carboxylic acids is 1. The third-order valence-electron chi connectivity index (χ3n) is 2.01. The first-order chi connectivity index (χ1) is 6.86. The number of carbonyl (C=O) groups is 1. The first kappa shape index (κ1) is 9.54. The maximum absolute atomic E-state index is 11.3. The van der Waals surface area contributed by atoms with Crippen molar-refractivity contribution in [3.63, 3.8) is 0 Å². The second-order valence-electron chi connectivity index (χ2n) is 3.28. The summed E-state index contributed by atoms with van der Waals surface area (Å²) in [5.74, 6) is -0.142.